The number of nitrogens with one attached hydrogen (secondary N) is 3. The summed E-state index contributed by atoms with van der Waals surface area (Å²) < 4.78 is 0. The fraction of sp³-hybridized carbons (Fsp3) is 0.167. The maximum absolute atomic E-state index is 12.4. The van der Waals surface area contributed by atoms with Gasteiger partial charge in [-0.1, -0.05) is 11.6 Å². The van der Waals surface area contributed by atoms with Gasteiger partial charge < -0.3 is 15.6 Å². The van der Waals surface area contributed by atoms with Gasteiger partial charge in [-0.15, -0.1) is 0 Å². The summed E-state index contributed by atoms with van der Waals surface area (Å²) in [5.41, 5.74) is 2.80. The lowest BCUT2D eigenvalue weighted by Gasteiger charge is -2.15. The molecular formula is C18H15ClN4O2. The first-order valence-electron chi connectivity index (χ1n) is 7.87. The zero-order valence-electron chi connectivity index (χ0n) is 13.4. The molecule has 6 nitrogen and oxygen atoms in total. The molecule has 0 bridgehead atoms. The molecule has 3 N–H and O–H groups in total. The second-order valence-corrected chi connectivity index (χ2v) is 6.54. The summed E-state index contributed by atoms with van der Waals surface area (Å²) in [5.74, 6) is 0.559. The number of hydrogen-bond acceptors (Lipinski definition) is 4. The van der Waals surface area contributed by atoms with E-state index in [9.17, 15) is 9.59 Å². The minimum absolute atomic E-state index is 0.0372. The maximum Gasteiger partial charge on any atom is 0.253 e. The van der Waals surface area contributed by atoms with Crippen molar-refractivity contribution in [1.82, 2.24) is 9.97 Å². The van der Waals surface area contributed by atoms with Crippen LogP contribution in [0.5, 0.6) is 0 Å². The highest BCUT2D eigenvalue weighted by Crippen LogP contribution is 2.26. The van der Waals surface area contributed by atoms with Crippen molar-refractivity contribution in [3.8, 4) is 0 Å². The highest BCUT2D eigenvalue weighted by molar-refractivity contribution is 6.31. The molecule has 3 aromatic rings. The van der Waals surface area contributed by atoms with Crippen LogP contribution in [0, 0.1) is 0 Å². The Kier molecular flexibility index (Phi) is 3.69. The standard InChI is InChI=1S/C18H15ClN4O2/c1-9(21-16-7-15-11(8-20-16)6-17(24)22-15)13-5-10-4-12(19)2-3-14(10)23-18(13)25/h2-5,7-9H,6H2,1H3,(H,20,21)(H,22,24)(H,23,25)/t9-/m0/s1. The lowest BCUT2D eigenvalue weighted by molar-refractivity contribution is -0.115. The van der Waals surface area contributed by atoms with Gasteiger partial charge in [0, 0.05) is 45.0 Å². The first kappa shape index (κ1) is 15.7. The molecule has 1 amide bonds. The van der Waals surface area contributed by atoms with E-state index in [-0.39, 0.29) is 17.5 Å². The molecule has 7 heteroatoms. The Morgan fingerprint density at radius 3 is 2.92 bits per heavy atom. The molecule has 0 radical (unpaired) electrons. The van der Waals surface area contributed by atoms with Crippen LogP contribution in [0.3, 0.4) is 0 Å². The molecule has 0 saturated heterocycles. The Bertz CT molecular complexity index is 1060. The van der Waals surface area contributed by atoms with E-state index >= 15 is 0 Å². The topological polar surface area (TPSA) is 86.9 Å². The Morgan fingerprint density at radius 1 is 1.24 bits per heavy atom. The van der Waals surface area contributed by atoms with Crippen molar-refractivity contribution >= 4 is 39.9 Å². The van der Waals surface area contributed by atoms with Gasteiger partial charge in [0.15, 0.2) is 0 Å². The predicted octanol–water partition coefficient (Wildman–Crippen LogP) is 3.24. The lowest BCUT2D eigenvalue weighted by Crippen LogP contribution is -2.19. The third kappa shape index (κ3) is 2.96. The molecule has 4 rings (SSSR count). The number of benzene rings is 1. The average molecular weight is 355 g/mol. The quantitative estimate of drug-likeness (QED) is 0.673. The van der Waals surface area contributed by atoms with Gasteiger partial charge in [0.25, 0.3) is 5.56 Å². The number of nitrogens with zero attached hydrogens (tertiary/aromatic N) is 1. The molecule has 25 heavy (non-hydrogen) atoms. The molecule has 3 heterocycles. The highest BCUT2D eigenvalue weighted by Gasteiger charge is 2.19. The second kappa shape index (κ2) is 5.89. The summed E-state index contributed by atoms with van der Waals surface area (Å²) in [4.78, 5) is 31.0. The van der Waals surface area contributed by atoms with Crippen molar-refractivity contribution < 1.29 is 4.79 Å². The molecule has 1 aliphatic rings. The summed E-state index contributed by atoms with van der Waals surface area (Å²) in [6, 6.07) is 8.67. The summed E-state index contributed by atoms with van der Waals surface area (Å²) >= 11 is 6.03. The van der Waals surface area contributed by atoms with Crippen LogP contribution < -0.4 is 16.2 Å². The van der Waals surface area contributed by atoms with Crippen molar-refractivity contribution in [2.75, 3.05) is 10.6 Å². The number of fused-ring (bicyclic) bond motifs is 2. The lowest BCUT2D eigenvalue weighted by atomic mass is 10.1. The van der Waals surface area contributed by atoms with E-state index in [1.54, 1.807) is 24.4 Å². The third-order valence-electron chi connectivity index (χ3n) is 4.28. The molecule has 1 aliphatic heterocycles. The van der Waals surface area contributed by atoms with E-state index in [0.717, 1.165) is 22.2 Å². The first-order chi connectivity index (χ1) is 12.0. The Labute approximate surface area is 148 Å². The van der Waals surface area contributed by atoms with Crippen LogP contribution in [0.4, 0.5) is 11.5 Å². The van der Waals surface area contributed by atoms with Crippen molar-refractivity contribution in [1.29, 1.82) is 0 Å². The van der Waals surface area contributed by atoms with Crippen LogP contribution in [0.25, 0.3) is 10.9 Å². The van der Waals surface area contributed by atoms with Gasteiger partial charge in [0.05, 0.1) is 12.5 Å². The van der Waals surface area contributed by atoms with Gasteiger partial charge in [-0.2, -0.15) is 0 Å². The van der Waals surface area contributed by atoms with E-state index in [1.165, 1.54) is 0 Å². The molecule has 126 valence electrons. The monoisotopic (exact) mass is 354 g/mol. The van der Waals surface area contributed by atoms with Crippen molar-refractivity contribution in [3.05, 3.63) is 63.0 Å². The molecular weight excluding hydrogens is 340 g/mol. The summed E-state index contributed by atoms with van der Waals surface area (Å²) in [6.07, 6.45) is 2.02. The van der Waals surface area contributed by atoms with Crippen LogP contribution in [0.2, 0.25) is 5.02 Å². The number of aromatic nitrogens is 2. The van der Waals surface area contributed by atoms with Crippen LogP contribution in [0.1, 0.15) is 24.1 Å². The number of halogens is 1. The molecule has 1 atom stereocenters. The van der Waals surface area contributed by atoms with Gasteiger partial charge >= 0.3 is 0 Å². The zero-order valence-corrected chi connectivity index (χ0v) is 14.1. The molecule has 0 saturated carbocycles. The number of amides is 1. The highest BCUT2D eigenvalue weighted by atomic mass is 35.5. The van der Waals surface area contributed by atoms with E-state index in [4.69, 9.17) is 11.6 Å². The van der Waals surface area contributed by atoms with Crippen LogP contribution in [-0.2, 0) is 11.2 Å². The zero-order chi connectivity index (χ0) is 17.6. The molecule has 0 unspecified atom stereocenters. The third-order valence-corrected chi connectivity index (χ3v) is 4.51. The average Bonchev–Trinajstić information content (AvgIpc) is 2.93. The fourth-order valence-corrected chi connectivity index (χ4v) is 3.18. The number of pyridine rings is 2. The number of aromatic amines is 1. The molecule has 1 aromatic carbocycles. The molecule has 0 spiro atoms. The largest absolute Gasteiger partial charge is 0.363 e. The Balaban J connectivity index is 1.65. The summed E-state index contributed by atoms with van der Waals surface area (Å²) in [5, 5.41) is 7.48. The Morgan fingerprint density at radius 2 is 2.08 bits per heavy atom. The van der Waals surface area contributed by atoms with E-state index in [0.29, 0.717) is 22.8 Å². The molecule has 0 aliphatic carbocycles. The van der Waals surface area contributed by atoms with Crippen molar-refractivity contribution in [2.45, 2.75) is 19.4 Å². The minimum Gasteiger partial charge on any atom is -0.363 e. The molecule has 2 aromatic heterocycles. The van der Waals surface area contributed by atoms with E-state index in [1.807, 2.05) is 19.1 Å². The number of H-pyrrole nitrogens is 1. The summed E-state index contributed by atoms with van der Waals surface area (Å²) in [6.45, 7) is 1.88. The van der Waals surface area contributed by atoms with Gasteiger partial charge in [-0.3, -0.25) is 9.59 Å². The number of rotatable bonds is 3. The SMILES string of the molecule is C[C@H](Nc1cc2c(cn1)CC(=O)N2)c1cc2cc(Cl)ccc2[nH]c1=O. The summed E-state index contributed by atoms with van der Waals surface area (Å²) in [7, 11) is 0. The smallest absolute Gasteiger partial charge is 0.253 e. The van der Waals surface area contributed by atoms with Crippen LogP contribution >= 0.6 is 11.6 Å². The van der Waals surface area contributed by atoms with E-state index in [2.05, 4.69) is 20.6 Å². The number of carbonyl (C=O) groups excluding carboxylic acids is 1. The number of anilines is 2. The maximum atomic E-state index is 12.4. The second-order valence-electron chi connectivity index (χ2n) is 6.10. The van der Waals surface area contributed by atoms with Crippen LogP contribution in [0.15, 0.2) is 41.3 Å². The van der Waals surface area contributed by atoms with Gasteiger partial charge in [0.1, 0.15) is 5.82 Å². The number of carbonyl (C=O) groups is 1. The van der Waals surface area contributed by atoms with E-state index < -0.39 is 0 Å². The van der Waals surface area contributed by atoms with Gasteiger partial charge in [-0.25, -0.2) is 4.98 Å². The van der Waals surface area contributed by atoms with Crippen LogP contribution in [-0.4, -0.2) is 15.9 Å². The normalized spacial score (nSPS) is 14.2. The predicted molar refractivity (Wildman–Crippen MR) is 98.2 cm³/mol. The molecule has 0 fully saturated rings. The van der Waals surface area contributed by atoms with Crippen molar-refractivity contribution in [3.63, 3.8) is 0 Å². The number of hydrogen-bond donors (Lipinski definition) is 3. The Hall–Kier alpha value is -2.86. The fourth-order valence-electron chi connectivity index (χ4n) is 3.00. The van der Waals surface area contributed by atoms with Gasteiger partial charge in [-0.05, 0) is 31.2 Å². The first-order valence-corrected chi connectivity index (χ1v) is 8.25. The minimum atomic E-state index is -0.269. The van der Waals surface area contributed by atoms with Gasteiger partial charge in [0.2, 0.25) is 5.91 Å². The van der Waals surface area contributed by atoms with Crippen molar-refractivity contribution in [2.24, 2.45) is 0 Å².